The van der Waals surface area contributed by atoms with Gasteiger partial charge in [-0.3, -0.25) is 4.98 Å². The van der Waals surface area contributed by atoms with Gasteiger partial charge in [0.2, 0.25) is 9.84 Å². The van der Waals surface area contributed by atoms with Crippen molar-refractivity contribution in [3.05, 3.63) is 70.9 Å². The van der Waals surface area contributed by atoms with Crippen LogP contribution in [0.3, 0.4) is 0 Å². The van der Waals surface area contributed by atoms with Crippen molar-refractivity contribution in [2.45, 2.75) is 43.9 Å². The minimum Gasteiger partial charge on any atom is -0.356 e. The lowest BCUT2D eigenvalue weighted by Gasteiger charge is -2.33. The smallest absolute Gasteiger partial charge is 0.201 e. The second-order valence-corrected chi connectivity index (χ2v) is 10.7. The van der Waals surface area contributed by atoms with Crippen LogP contribution in [0.25, 0.3) is 11.3 Å². The molecule has 1 aliphatic heterocycles. The molecule has 0 radical (unpaired) electrons. The minimum atomic E-state index is -3.66. The zero-order valence-electron chi connectivity index (χ0n) is 18.5. The lowest BCUT2D eigenvalue weighted by molar-refractivity contribution is 0.402. The summed E-state index contributed by atoms with van der Waals surface area (Å²) in [4.78, 5) is 11.3. The number of rotatable bonds is 6. The number of aryl methyl sites for hydroxylation is 1. The average molecular weight is 470 g/mol. The molecule has 1 aliphatic rings. The number of nitrogens with zero attached hydrogens (tertiary/aromatic N) is 3. The summed E-state index contributed by atoms with van der Waals surface area (Å²) >= 11 is 6.39. The SMILES string of the molecule is CCC1CCCN(c2cccc(S(=O)(=O)Cc3ccc(Cl)c(-c4ccccc4C)n3)n2)C1. The second kappa shape index (κ2) is 9.59. The van der Waals surface area contributed by atoms with Crippen molar-refractivity contribution in [3.8, 4) is 11.3 Å². The molecule has 1 fully saturated rings. The highest BCUT2D eigenvalue weighted by Crippen LogP contribution is 2.30. The average Bonchev–Trinajstić information content (AvgIpc) is 2.81. The number of aromatic nitrogens is 2. The molecule has 0 spiro atoms. The molecule has 1 aromatic carbocycles. The molecule has 4 rings (SSSR count). The van der Waals surface area contributed by atoms with Gasteiger partial charge in [0.25, 0.3) is 0 Å². The van der Waals surface area contributed by atoms with Crippen molar-refractivity contribution in [2.75, 3.05) is 18.0 Å². The fourth-order valence-corrected chi connectivity index (χ4v) is 5.64. The van der Waals surface area contributed by atoms with Crippen LogP contribution < -0.4 is 4.90 Å². The molecular formula is C25H28ClN3O2S. The van der Waals surface area contributed by atoms with Crippen molar-refractivity contribution in [3.63, 3.8) is 0 Å². The summed E-state index contributed by atoms with van der Waals surface area (Å²) in [7, 11) is -3.66. The summed E-state index contributed by atoms with van der Waals surface area (Å²) < 4.78 is 26.4. The van der Waals surface area contributed by atoms with Crippen LogP contribution in [0, 0.1) is 12.8 Å². The number of hydrogen-bond donors (Lipinski definition) is 0. The predicted molar refractivity (Wildman–Crippen MR) is 130 cm³/mol. The lowest BCUT2D eigenvalue weighted by atomic mass is 9.96. The van der Waals surface area contributed by atoms with Crippen LogP contribution in [-0.2, 0) is 15.6 Å². The normalized spacial score (nSPS) is 16.8. The van der Waals surface area contributed by atoms with Crippen LogP contribution in [0.2, 0.25) is 5.02 Å². The van der Waals surface area contributed by atoms with E-state index in [2.05, 4.69) is 21.8 Å². The van der Waals surface area contributed by atoms with Crippen LogP contribution in [0.1, 0.15) is 37.4 Å². The van der Waals surface area contributed by atoms with E-state index in [1.807, 2.05) is 37.3 Å². The molecule has 1 unspecified atom stereocenters. The molecule has 2 aromatic heterocycles. The maximum atomic E-state index is 13.2. The Morgan fingerprint density at radius 1 is 1.06 bits per heavy atom. The van der Waals surface area contributed by atoms with Gasteiger partial charge in [-0.1, -0.05) is 55.3 Å². The van der Waals surface area contributed by atoms with Crippen molar-refractivity contribution in [2.24, 2.45) is 5.92 Å². The van der Waals surface area contributed by atoms with Gasteiger partial charge in [0.05, 0.1) is 22.2 Å². The Hall–Kier alpha value is -2.44. The minimum absolute atomic E-state index is 0.0859. The van der Waals surface area contributed by atoms with Crippen LogP contribution in [-0.4, -0.2) is 31.5 Å². The first-order valence-corrected chi connectivity index (χ1v) is 13.1. The van der Waals surface area contributed by atoms with Gasteiger partial charge in [-0.15, -0.1) is 0 Å². The first-order chi connectivity index (χ1) is 15.4. The van der Waals surface area contributed by atoms with Crippen molar-refractivity contribution in [1.82, 2.24) is 9.97 Å². The number of piperidine rings is 1. The highest BCUT2D eigenvalue weighted by molar-refractivity contribution is 7.90. The Morgan fingerprint density at radius 2 is 1.88 bits per heavy atom. The number of hydrogen-bond acceptors (Lipinski definition) is 5. The first kappa shape index (κ1) is 22.7. The molecule has 7 heteroatoms. The third-order valence-corrected chi connectivity index (χ3v) is 7.94. The molecule has 0 N–H and O–H groups in total. The molecule has 0 amide bonds. The van der Waals surface area contributed by atoms with Gasteiger partial charge >= 0.3 is 0 Å². The molecule has 32 heavy (non-hydrogen) atoms. The lowest BCUT2D eigenvalue weighted by Crippen LogP contribution is -2.35. The largest absolute Gasteiger partial charge is 0.356 e. The van der Waals surface area contributed by atoms with E-state index in [4.69, 9.17) is 11.6 Å². The zero-order valence-corrected chi connectivity index (χ0v) is 20.0. The first-order valence-electron chi connectivity index (χ1n) is 11.0. The molecule has 168 valence electrons. The van der Waals surface area contributed by atoms with Crippen LogP contribution >= 0.6 is 11.6 Å². The molecule has 5 nitrogen and oxygen atoms in total. The highest BCUT2D eigenvalue weighted by atomic mass is 35.5. The fourth-order valence-electron chi connectivity index (χ4n) is 4.22. The van der Waals surface area contributed by atoms with Gasteiger partial charge in [-0.2, -0.15) is 0 Å². The predicted octanol–water partition coefficient (Wildman–Crippen LogP) is 5.71. The third-order valence-electron chi connectivity index (χ3n) is 6.09. The van der Waals surface area contributed by atoms with Crippen LogP contribution in [0.5, 0.6) is 0 Å². The Morgan fingerprint density at radius 3 is 2.66 bits per heavy atom. The summed E-state index contributed by atoms with van der Waals surface area (Å²) in [6.45, 7) is 6.01. The fraction of sp³-hybridized carbons (Fsp3) is 0.360. The topological polar surface area (TPSA) is 63.2 Å². The molecule has 0 aliphatic carbocycles. The number of pyridine rings is 2. The molecular weight excluding hydrogens is 442 g/mol. The van der Waals surface area contributed by atoms with Gasteiger partial charge in [0, 0.05) is 18.7 Å². The third kappa shape index (κ3) is 4.97. The molecule has 1 atom stereocenters. The van der Waals surface area contributed by atoms with E-state index in [1.54, 1.807) is 24.3 Å². The van der Waals surface area contributed by atoms with Gasteiger partial charge < -0.3 is 4.90 Å². The number of halogens is 1. The monoisotopic (exact) mass is 469 g/mol. The quantitative estimate of drug-likeness (QED) is 0.463. The summed E-state index contributed by atoms with van der Waals surface area (Å²) in [5.41, 5.74) is 2.97. The molecule has 3 heterocycles. The van der Waals surface area contributed by atoms with E-state index < -0.39 is 9.84 Å². The Balaban J connectivity index is 1.60. The maximum absolute atomic E-state index is 13.2. The summed E-state index contributed by atoms with van der Waals surface area (Å²) in [5.74, 6) is 1.13. The summed E-state index contributed by atoms with van der Waals surface area (Å²) in [5, 5.41) is 0.582. The maximum Gasteiger partial charge on any atom is 0.201 e. The Bertz CT molecular complexity index is 1210. The van der Waals surface area contributed by atoms with Crippen LogP contribution in [0.4, 0.5) is 5.82 Å². The molecule has 0 saturated carbocycles. The molecule has 0 bridgehead atoms. The van der Waals surface area contributed by atoms with Gasteiger partial charge in [-0.25, -0.2) is 13.4 Å². The van der Waals surface area contributed by atoms with Crippen LogP contribution in [0.15, 0.2) is 59.6 Å². The van der Waals surface area contributed by atoms with E-state index in [-0.39, 0.29) is 10.8 Å². The Labute approximate surface area is 195 Å². The molecule has 3 aromatic rings. The van der Waals surface area contributed by atoms with E-state index in [1.165, 1.54) is 6.42 Å². The van der Waals surface area contributed by atoms with Gasteiger partial charge in [0.1, 0.15) is 5.82 Å². The van der Waals surface area contributed by atoms with E-state index in [0.717, 1.165) is 42.9 Å². The number of anilines is 1. The van der Waals surface area contributed by atoms with Crippen molar-refractivity contribution < 1.29 is 8.42 Å². The van der Waals surface area contributed by atoms with E-state index in [9.17, 15) is 8.42 Å². The van der Waals surface area contributed by atoms with E-state index >= 15 is 0 Å². The molecule has 1 saturated heterocycles. The number of benzene rings is 1. The van der Waals surface area contributed by atoms with Gasteiger partial charge in [0.15, 0.2) is 5.03 Å². The standard InChI is InChI=1S/C25H28ClN3O2S/c1-3-19-9-7-15-29(16-19)23-11-6-12-24(28-23)32(30,31)17-20-13-14-22(26)25(27-20)21-10-5-4-8-18(21)2/h4-6,8,10-14,19H,3,7,9,15-17H2,1-2H3. The number of sulfone groups is 1. The summed E-state index contributed by atoms with van der Waals surface area (Å²) in [6, 6.07) is 16.4. The van der Waals surface area contributed by atoms with Crippen molar-refractivity contribution >= 4 is 27.3 Å². The van der Waals surface area contributed by atoms with Gasteiger partial charge in [-0.05, 0) is 55.5 Å². The Kier molecular flexibility index (Phi) is 6.82. The zero-order chi connectivity index (χ0) is 22.7. The highest BCUT2D eigenvalue weighted by Gasteiger charge is 2.23. The second-order valence-electron chi connectivity index (χ2n) is 8.40. The summed E-state index contributed by atoms with van der Waals surface area (Å²) in [6.07, 6.45) is 3.45. The van der Waals surface area contributed by atoms with E-state index in [0.29, 0.717) is 22.3 Å². The van der Waals surface area contributed by atoms with Crippen molar-refractivity contribution in [1.29, 1.82) is 0 Å².